The predicted octanol–water partition coefficient (Wildman–Crippen LogP) is 2.05. The number of sulfonamides is 1. The smallest absolute Gasteiger partial charge is 0.241 e. The molecule has 0 spiro atoms. The third-order valence-electron chi connectivity index (χ3n) is 4.20. The molecule has 0 amide bonds. The van der Waals surface area contributed by atoms with Gasteiger partial charge in [0.25, 0.3) is 0 Å². The first-order valence-electron chi connectivity index (χ1n) is 8.02. The van der Waals surface area contributed by atoms with E-state index in [0.29, 0.717) is 25.5 Å². The van der Waals surface area contributed by atoms with Crippen molar-refractivity contribution in [2.45, 2.75) is 30.4 Å². The summed E-state index contributed by atoms with van der Waals surface area (Å²) in [7, 11) is -3.81. The maximum absolute atomic E-state index is 12.9. The lowest BCUT2D eigenvalue weighted by molar-refractivity contribution is 0.0250. The third kappa shape index (κ3) is 4.53. The van der Waals surface area contributed by atoms with Crippen LogP contribution in [0.1, 0.15) is 18.4 Å². The Morgan fingerprint density at radius 3 is 2.52 bits per heavy atom. The van der Waals surface area contributed by atoms with Crippen LogP contribution in [0.25, 0.3) is 0 Å². The van der Waals surface area contributed by atoms with Crippen LogP contribution in [0.2, 0.25) is 0 Å². The number of aromatic nitrogens is 1. The molecule has 0 aliphatic carbocycles. The second kappa shape index (κ2) is 7.47. The lowest BCUT2D eigenvalue weighted by Gasteiger charge is -2.33. The molecular formula is C17H20FN3O3S. The number of rotatable bonds is 5. The number of halogens is 1. The Labute approximate surface area is 146 Å². The van der Waals surface area contributed by atoms with Crippen molar-refractivity contribution in [3.8, 4) is 0 Å². The monoisotopic (exact) mass is 365 g/mol. The number of anilines is 1. The van der Waals surface area contributed by atoms with Gasteiger partial charge in [-0.1, -0.05) is 12.1 Å². The summed E-state index contributed by atoms with van der Waals surface area (Å²) in [6.45, 7) is 1.69. The predicted molar refractivity (Wildman–Crippen MR) is 92.0 cm³/mol. The van der Waals surface area contributed by atoms with Gasteiger partial charge in [-0.25, -0.2) is 22.9 Å². The molecule has 0 bridgehead atoms. The van der Waals surface area contributed by atoms with Gasteiger partial charge < -0.3 is 9.64 Å². The zero-order chi connectivity index (χ0) is 17.9. The molecule has 2 N–H and O–H groups in total. The van der Waals surface area contributed by atoms with Crippen LogP contribution in [0.15, 0.2) is 47.5 Å². The standard InChI is InChI=1S/C17H20FN3O3S/c18-14-5-3-13(4-6-14)12-24-15-7-10-21(11-8-15)17-16(25(19,22)23)2-1-9-20-17/h1-6,9,15H,7-8,10-12H2,(H2,19,22,23). The molecular weight excluding hydrogens is 345 g/mol. The van der Waals surface area contributed by atoms with Crippen molar-refractivity contribution in [3.63, 3.8) is 0 Å². The molecule has 1 aromatic heterocycles. The van der Waals surface area contributed by atoms with Gasteiger partial charge in [0.1, 0.15) is 16.5 Å². The summed E-state index contributed by atoms with van der Waals surface area (Å²) in [5, 5.41) is 5.27. The summed E-state index contributed by atoms with van der Waals surface area (Å²) in [6.07, 6.45) is 3.13. The number of benzene rings is 1. The highest BCUT2D eigenvalue weighted by Gasteiger charge is 2.25. The molecule has 0 atom stereocenters. The maximum Gasteiger partial charge on any atom is 0.241 e. The number of piperidine rings is 1. The van der Waals surface area contributed by atoms with Crippen molar-refractivity contribution in [3.05, 3.63) is 54.0 Å². The van der Waals surface area contributed by atoms with Gasteiger partial charge in [0, 0.05) is 19.3 Å². The number of primary sulfonamides is 1. The van der Waals surface area contributed by atoms with Gasteiger partial charge in [-0.3, -0.25) is 0 Å². The van der Waals surface area contributed by atoms with E-state index in [0.717, 1.165) is 18.4 Å². The van der Waals surface area contributed by atoms with Gasteiger partial charge in [-0.05, 0) is 42.7 Å². The van der Waals surface area contributed by atoms with E-state index in [-0.39, 0.29) is 16.8 Å². The van der Waals surface area contributed by atoms with E-state index in [1.165, 1.54) is 18.2 Å². The first kappa shape index (κ1) is 17.8. The lowest BCUT2D eigenvalue weighted by atomic mass is 10.1. The van der Waals surface area contributed by atoms with Crippen LogP contribution in [0.5, 0.6) is 0 Å². The van der Waals surface area contributed by atoms with E-state index in [1.807, 2.05) is 4.90 Å². The second-order valence-electron chi connectivity index (χ2n) is 5.99. The van der Waals surface area contributed by atoms with Crippen LogP contribution in [-0.2, 0) is 21.4 Å². The largest absolute Gasteiger partial charge is 0.373 e. The first-order valence-corrected chi connectivity index (χ1v) is 9.57. The second-order valence-corrected chi connectivity index (χ2v) is 7.52. The van der Waals surface area contributed by atoms with Crippen LogP contribution < -0.4 is 10.0 Å². The molecule has 2 aromatic rings. The normalized spacial score (nSPS) is 16.2. The fourth-order valence-electron chi connectivity index (χ4n) is 2.87. The molecule has 1 aliphatic rings. The fraction of sp³-hybridized carbons (Fsp3) is 0.353. The molecule has 0 radical (unpaired) electrons. The van der Waals surface area contributed by atoms with E-state index >= 15 is 0 Å². The Morgan fingerprint density at radius 2 is 1.88 bits per heavy atom. The SMILES string of the molecule is NS(=O)(=O)c1cccnc1N1CCC(OCc2ccc(F)cc2)CC1. The maximum atomic E-state index is 12.9. The molecule has 1 aliphatic heterocycles. The number of nitrogens with two attached hydrogens (primary N) is 1. The van der Waals surface area contributed by atoms with E-state index in [4.69, 9.17) is 9.88 Å². The highest BCUT2D eigenvalue weighted by atomic mass is 32.2. The van der Waals surface area contributed by atoms with Gasteiger partial charge in [0.05, 0.1) is 12.7 Å². The average molecular weight is 365 g/mol. The molecule has 1 saturated heterocycles. The van der Waals surface area contributed by atoms with Crippen LogP contribution in [-0.4, -0.2) is 32.6 Å². The quantitative estimate of drug-likeness (QED) is 0.876. The fourth-order valence-corrected chi connectivity index (χ4v) is 3.58. The lowest BCUT2D eigenvalue weighted by Crippen LogP contribution is -2.38. The van der Waals surface area contributed by atoms with Crippen molar-refractivity contribution in [2.24, 2.45) is 5.14 Å². The number of hydrogen-bond donors (Lipinski definition) is 1. The highest BCUT2D eigenvalue weighted by Crippen LogP contribution is 2.25. The summed E-state index contributed by atoms with van der Waals surface area (Å²) in [4.78, 5) is 6.14. The van der Waals surface area contributed by atoms with E-state index in [2.05, 4.69) is 4.98 Å². The Morgan fingerprint density at radius 1 is 1.20 bits per heavy atom. The Kier molecular flexibility index (Phi) is 5.31. The number of hydrogen-bond acceptors (Lipinski definition) is 5. The van der Waals surface area contributed by atoms with E-state index < -0.39 is 10.0 Å². The number of nitrogens with zero attached hydrogens (tertiary/aromatic N) is 2. The minimum atomic E-state index is -3.81. The molecule has 1 fully saturated rings. The topological polar surface area (TPSA) is 85.5 Å². The average Bonchev–Trinajstić information content (AvgIpc) is 2.61. The Bertz CT molecular complexity index is 819. The summed E-state index contributed by atoms with van der Waals surface area (Å²) >= 11 is 0. The van der Waals surface area contributed by atoms with E-state index in [1.54, 1.807) is 24.4 Å². The van der Waals surface area contributed by atoms with Crippen LogP contribution in [0, 0.1) is 5.82 Å². The van der Waals surface area contributed by atoms with Gasteiger partial charge >= 0.3 is 0 Å². The molecule has 25 heavy (non-hydrogen) atoms. The van der Waals surface area contributed by atoms with Crippen LogP contribution in [0.4, 0.5) is 10.2 Å². The molecule has 2 heterocycles. The van der Waals surface area contributed by atoms with Crippen molar-refractivity contribution in [1.29, 1.82) is 0 Å². The molecule has 8 heteroatoms. The summed E-state index contributed by atoms with van der Waals surface area (Å²) in [6, 6.07) is 9.26. The Hall–Kier alpha value is -2.03. The molecule has 0 unspecified atom stereocenters. The summed E-state index contributed by atoms with van der Waals surface area (Å²) in [5.74, 6) is 0.125. The van der Waals surface area contributed by atoms with Gasteiger partial charge in [0.2, 0.25) is 10.0 Å². The molecule has 1 aromatic carbocycles. The van der Waals surface area contributed by atoms with Gasteiger partial charge in [-0.15, -0.1) is 0 Å². The van der Waals surface area contributed by atoms with Crippen molar-refractivity contribution in [1.82, 2.24) is 4.98 Å². The zero-order valence-electron chi connectivity index (χ0n) is 13.6. The summed E-state index contributed by atoms with van der Waals surface area (Å²) in [5.41, 5.74) is 0.921. The van der Waals surface area contributed by atoms with E-state index in [9.17, 15) is 12.8 Å². The highest BCUT2D eigenvalue weighted by molar-refractivity contribution is 7.89. The minimum absolute atomic E-state index is 0.0423. The molecule has 3 rings (SSSR count). The molecule has 134 valence electrons. The Balaban J connectivity index is 1.58. The zero-order valence-corrected chi connectivity index (χ0v) is 14.5. The van der Waals surface area contributed by atoms with Crippen LogP contribution >= 0.6 is 0 Å². The minimum Gasteiger partial charge on any atom is -0.373 e. The van der Waals surface area contributed by atoms with Gasteiger partial charge in [-0.2, -0.15) is 0 Å². The van der Waals surface area contributed by atoms with Crippen molar-refractivity contribution < 1.29 is 17.5 Å². The number of pyridine rings is 1. The first-order chi connectivity index (χ1) is 11.9. The number of ether oxygens (including phenoxy) is 1. The van der Waals surface area contributed by atoms with Crippen LogP contribution in [0.3, 0.4) is 0 Å². The molecule has 6 nitrogen and oxygen atoms in total. The molecule has 0 saturated carbocycles. The third-order valence-corrected chi connectivity index (χ3v) is 5.13. The van der Waals surface area contributed by atoms with Crippen molar-refractivity contribution in [2.75, 3.05) is 18.0 Å². The summed E-state index contributed by atoms with van der Waals surface area (Å²) < 4.78 is 42.2. The van der Waals surface area contributed by atoms with Gasteiger partial charge in [0.15, 0.2) is 0 Å². The van der Waals surface area contributed by atoms with Crippen molar-refractivity contribution >= 4 is 15.8 Å².